The number of hydrogen-bond donors (Lipinski definition) is 1. The van der Waals surface area contributed by atoms with E-state index in [-0.39, 0.29) is 17.6 Å². The number of rotatable bonds is 6. The number of ether oxygens (including phenoxy) is 3. The summed E-state index contributed by atoms with van der Waals surface area (Å²) in [6.45, 7) is 5.68. The normalized spacial score (nSPS) is 15.2. The van der Waals surface area contributed by atoms with E-state index in [4.69, 9.17) is 14.2 Å². The summed E-state index contributed by atoms with van der Waals surface area (Å²) >= 11 is 0. The van der Waals surface area contributed by atoms with Gasteiger partial charge >= 0.3 is 0 Å². The molecule has 2 heterocycles. The van der Waals surface area contributed by atoms with Crippen LogP contribution in [0.1, 0.15) is 36.7 Å². The van der Waals surface area contributed by atoms with Gasteiger partial charge in [0.1, 0.15) is 0 Å². The first-order valence-corrected chi connectivity index (χ1v) is 9.83. The van der Waals surface area contributed by atoms with Crippen molar-refractivity contribution >= 4 is 0 Å². The third-order valence-corrected chi connectivity index (χ3v) is 5.09. The predicted molar refractivity (Wildman–Crippen MR) is 110 cm³/mol. The van der Waals surface area contributed by atoms with Gasteiger partial charge in [-0.05, 0) is 55.3 Å². The minimum Gasteiger partial charge on any atom is -0.494 e. The van der Waals surface area contributed by atoms with Gasteiger partial charge in [0.15, 0.2) is 23.1 Å². The first-order chi connectivity index (χ1) is 14.2. The number of methoxy groups -OCH3 is 1. The maximum atomic E-state index is 13.9. The molecule has 1 aliphatic heterocycles. The Morgan fingerprint density at radius 3 is 2.52 bits per heavy atom. The summed E-state index contributed by atoms with van der Waals surface area (Å²) in [5.74, 6) is 1.34. The summed E-state index contributed by atoms with van der Waals surface area (Å²) in [7, 11) is 1.48. The number of fused-ring (bicyclic) bond motifs is 3. The number of nitrogens with one attached hydrogen (secondary N) is 1. The Labute approximate surface area is 170 Å². The molecule has 3 aromatic rings. The Kier molecular flexibility index (Phi) is 5.45. The van der Waals surface area contributed by atoms with E-state index in [1.54, 1.807) is 12.1 Å². The summed E-state index contributed by atoms with van der Waals surface area (Å²) in [6, 6.07) is 13.0. The van der Waals surface area contributed by atoms with E-state index in [0.29, 0.717) is 19.8 Å². The summed E-state index contributed by atoms with van der Waals surface area (Å²) in [4.78, 5) is 0. The molecule has 5 nitrogen and oxygen atoms in total. The second-order valence-electron chi connectivity index (χ2n) is 6.80. The summed E-state index contributed by atoms with van der Waals surface area (Å²) < 4.78 is 32.9. The molecule has 0 amide bonds. The molecule has 1 aliphatic rings. The van der Waals surface area contributed by atoms with Crippen molar-refractivity contribution in [2.24, 2.45) is 0 Å². The number of hydrogen-bond acceptors (Lipinski definition) is 4. The van der Waals surface area contributed by atoms with Crippen LogP contribution in [0.3, 0.4) is 0 Å². The molecule has 0 spiro atoms. The molecule has 29 heavy (non-hydrogen) atoms. The Morgan fingerprint density at radius 1 is 1.03 bits per heavy atom. The molecule has 0 saturated carbocycles. The first-order valence-electron chi connectivity index (χ1n) is 9.83. The quantitative estimate of drug-likeness (QED) is 0.661. The third-order valence-electron chi connectivity index (χ3n) is 5.09. The third kappa shape index (κ3) is 3.56. The molecular formula is C23H25FN2O3. The van der Waals surface area contributed by atoms with Gasteiger partial charge in [0.05, 0.1) is 32.1 Å². The Balaban J connectivity index is 1.81. The van der Waals surface area contributed by atoms with Crippen LogP contribution in [0.15, 0.2) is 48.7 Å². The zero-order valence-corrected chi connectivity index (χ0v) is 16.9. The highest BCUT2D eigenvalue weighted by Gasteiger charge is 2.25. The van der Waals surface area contributed by atoms with E-state index < -0.39 is 0 Å². The Bertz CT molecular complexity index is 1020. The van der Waals surface area contributed by atoms with Crippen LogP contribution in [-0.2, 0) is 6.54 Å². The van der Waals surface area contributed by atoms with Crippen LogP contribution < -0.4 is 19.5 Å². The highest BCUT2D eigenvalue weighted by Crippen LogP contribution is 2.38. The van der Waals surface area contributed by atoms with Gasteiger partial charge in [-0.15, -0.1) is 0 Å². The van der Waals surface area contributed by atoms with Crippen molar-refractivity contribution in [1.29, 1.82) is 0 Å². The van der Waals surface area contributed by atoms with Crippen molar-refractivity contribution in [3.63, 3.8) is 0 Å². The van der Waals surface area contributed by atoms with Gasteiger partial charge < -0.3 is 24.1 Å². The topological polar surface area (TPSA) is 44.7 Å². The van der Waals surface area contributed by atoms with Crippen molar-refractivity contribution in [3.05, 3.63) is 71.3 Å². The lowest BCUT2D eigenvalue weighted by molar-refractivity contribution is 0.287. The summed E-state index contributed by atoms with van der Waals surface area (Å²) in [5.41, 5.74) is 4.14. The predicted octanol–water partition coefficient (Wildman–Crippen LogP) is 4.62. The largest absolute Gasteiger partial charge is 0.494 e. The lowest BCUT2D eigenvalue weighted by Gasteiger charge is -2.19. The lowest BCUT2D eigenvalue weighted by atomic mass is 10.0. The van der Waals surface area contributed by atoms with Crippen LogP contribution in [0.25, 0.3) is 5.69 Å². The van der Waals surface area contributed by atoms with Gasteiger partial charge in [-0.3, -0.25) is 0 Å². The molecule has 0 aliphatic carbocycles. The second kappa shape index (κ2) is 8.17. The standard InChI is InChI=1S/C23H25FN2O3/c1-4-28-21-12-16-14-25-23(15-8-9-17(24)20(11-15)27-3)18-7-6-10-26(18)19(16)13-22(21)29-5-2/h6-13,23,25H,4-5,14H2,1-3H3/t23-/m0/s1. The van der Waals surface area contributed by atoms with Gasteiger partial charge in [-0.1, -0.05) is 6.07 Å². The molecule has 0 fully saturated rings. The molecule has 0 bridgehead atoms. The monoisotopic (exact) mass is 396 g/mol. The molecule has 1 atom stereocenters. The maximum Gasteiger partial charge on any atom is 0.165 e. The Hall–Kier alpha value is -2.99. The molecule has 0 saturated heterocycles. The molecule has 1 aromatic heterocycles. The lowest BCUT2D eigenvalue weighted by Crippen LogP contribution is -2.21. The average molecular weight is 396 g/mol. The fourth-order valence-electron chi connectivity index (χ4n) is 3.80. The fraction of sp³-hybridized carbons (Fsp3) is 0.304. The SMILES string of the molecule is CCOc1cc2c(cc1OCC)-n1cccc1[C@H](c1ccc(F)c(OC)c1)NC2. The zero-order chi connectivity index (χ0) is 20.4. The van der Waals surface area contributed by atoms with Crippen molar-refractivity contribution < 1.29 is 18.6 Å². The number of halogens is 1. The molecule has 0 unspecified atom stereocenters. The molecular weight excluding hydrogens is 371 g/mol. The van der Waals surface area contributed by atoms with E-state index in [9.17, 15) is 4.39 Å². The van der Waals surface area contributed by atoms with Crippen LogP contribution >= 0.6 is 0 Å². The average Bonchev–Trinajstić information content (AvgIpc) is 3.15. The van der Waals surface area contributed by atoms with Gasteiger partial charge in [0, 0.05) is 24.5 Å². The summed E-state index contributed by atoms with van der Waals surface area (Å²) in [5, 5.41) is 3.59. The highest BCUT2D eigenvalue weighted by molar-refractivity contribution is 5.56. The van der Waals surface area contributed by atoms with E-state index in [0.717, 1.165) is 34.0 Å². The molecule has 2 aromatic carbocycles. The summed E-state index contributed by atoms with van der Waals surface area (Å²) in [6.07, 6.45) is 2.03. The second-order valence-corrected chi connectivity index (χ2v) is 6.80. The van der Waals surface area contributed by atoms with E-state index in [2.05, 4.69) is 16.0 Å². The van der Waals surface area contributed by atoms with Crippen molar-refractivity contribution in [3.8, 4) is 22.9 Å². The minimum atomic E-state index is -0.369. The number of aromatic nitrogens is 1. The van der Waals surface area contributed by atoms with E-state index in [1.807, 2.05) is 38.2 Å². The smallest absolute Gasteiger partial charge is 0.165 e. The van der Waals surface area contributed by atoms with E-state index in [1.165, 1.54) is 13.2 Å². The Morgan fingerprint density at radius 2 is 1.79 bits per heavy atom. The highest BCUT2D eigenvalue weighted by atomic mass is 19.1. The van der Waals surface area contributed by atoms with Gasteiger partial charge in [0.25, 0.3) is 0 Å². The first kappa shape index (κ1) is 19.3. The van der Waals surface area contributed by atoms with Gasteiger partial charge in [0.2, 0.25) is 0 Å². The maximum absolute atomic E-state index is 13.9. The molecule has 152 valence electrons. The molecule has 0 radical (unpaired) electrons. The van der Waals surface area contributed by atoms with Crippen LogP contribution in [0, 0.1) is 5.82 Å². The van der Waals surface area contributed by atoms with Crippen LogP contribution in [-0.4, -0.2) is 24.9 Å². The number of nitrogens with zero attached hydrogens (tertiary/aromatic N) is 1. The molecule has 4 rings (SSSR count). The molecule has 6 heteroatoms. The van der Waals surface area contributed by atoms with Gasteiger partial charge in [-0.2, -0.15) is 0 Å². The van der Waals surface area contributed by atoms with Crippen LogP contribution in [0.5, 0.6) is 17.2 Å². The van der Waals surface area contributed by atoms with Crippen LogP contribution in [0.2, 0.25) is 0 Å². The van der Waals surface area contributed by atoms with Crippen LogP contribution in [0.4, 0.5) is 4.39 Å². The van der Waals surface area contributed by atoms with E-state index >= 15 is 0 Å². The van der Waals surface area contributed by atoms with Crippen molar-refractivity contribution in [2.75, 3.05) is 20.3 Å². The van der Waals surface area contributed by atoms with Crippen molar-refractivity contribution in [1.82, 2.24) is 9.88 Å². The minimum absolute atomic E-state index is 0.113. The zero-order valence-electron chi connectivity index (χ0n) is 16.9. The number of benzene rings is 2. The molecule has 1 N–H and O–H groups in total. The fourth-order valence-corrected chi connectivity index (χ4v) is 3.80. The van der Waals surface area contributed by atoms with Crippen molar-refractivity contribution in [2.45, 2.75) is 26.4 Å². The van der Waals surface area contributed by atoms with Gasteiger partial charge in [-0.25, -0.2) is 4.39 Å².